The number of ether oxygens (including phenoxy) is 1. The van der Waals surface area contributed by atoms with Crippen LogP contribution >= 0.6 is 0 Å². The van der Waals surface area contributed by atoms with E-state index in [1.54, 1.807) is 0 Å². The van der Waals surface area contributed by atoms with Crippen LogP contribution in [0, 0.1) is 11.6 Å². The molecular weight excluding hydrogens is 256 g/mol. The maximum atomic E-state index is 13.3. The third-order valence-corrected chi connectivity index (χ3v) is 2.26. The third-order valence-electron chi connectivity index (χ3n) is 2.26. The number of hydrogen-bond donors (Lipinski definition) is 1. The first-order valence-corrected chi connectivity index (χ1v) is 5.24. The predicted molar refractivity (Wildman–Crippen MR) is 62.9 cm³/mol. The van der Waals surface area contributed by atoms with Gasteiger partial charge in [-0.2, -0.15) is 0 Å². The molecular formula is C12H9F2N3O2. The third kappa shape index (κ3) is 3.01. The van der Waals surface area contributed by atoms with Crippen LogP contribution in [0.25, 0.3) is 0 Å². The zero-order valence-corrected chi connectivity index (χ0v) is 9.85. The molecule has 2 rings (SSSR count). The van der Waals surface area contributed by atoms with Crippen molar-refractivity contribution in [1.82, 2.24) is 10.2 Å². The Labute approximate surface area is 107 Å². The predicted octanol–water partition coefficient (Wildman–Crippen LogP) is 2.02. The summed E-state index contributed by atoms with van der Waals surface area (Å²) in [5.74, 6) is -1.85. The molecule has 0 aliphatic carbocycles. The van der Waals surface area contributed by atoms with E-state index in [2.05, 4.69) is 15.5 Å². The smallest absolute Gasteiger partial charge is 0.276 e. The molecule has 98 valence electrons. The molecule has 1 N–H and O–H groups in total. The number of hydrogen-bond acceptors (Lipinski definition) is 4. The lowest BCUT2D eigenvalue weighted by Gasteiger charge is -2.05. The number of amides is 1. The second-order valence-corrected chi connectivity index (χ2v) is 3.54. The van der Waals surface area contributed by atoms with Crippen molar-refractivity contribution in [2.24, 2.45) is 0 Å². The lowest BCUT2D eigenvalue weighted by atomic mass is 10.2. The summed E-state index contributed by atoms with van der Waals surface area (Å²) in [5.41, 5.74) is -0.299. The van der Waals surface area contributed by atoms with Gasteiger partial charge in [-0.15, -0.1) is 10.2 Å². The molecule has 0 aliphatic rings. The standard InChI is InChI=1S/C12H9F2N3O2/c1-19-11-5-4-9(16-17-11)12(18)15-10-6-7(13)2-3-8(10)14/h2-6H,1H3,(H,15,18). The van der Waals surface area contributed by atoms with Crippen LogP contribution in [0.4, 0.5) is 14.5 Å². The molecule has 1 aromatic carbocycles. The first-order valence-electron chi connectivity index (χ1n) is 5.24. The van der Waals surface area contributed by atoms with Gasteiger partial charge in [0, 0.05) is 12.1 Å². The number of nitrogens with one attached hydrogen (secondary N) is 1. The minimum atomic E-state index is -0.740. The molecule has 5 nitrogen and oxygen atoms in total. The maximum Gasteiger partial charge on any atom is 0.276 e. The molecule has 0 saturated carbocycles. The van der Waals surface area contributed by atoms with E-state index in [0.29, 0.717) is 0 Å². The van der Waals surface area contributed by atoms with Crippen LogP contribution in [0.15, 0.2) is 30.3 Å². The van der Waals surface area contributed by atoms with Crippen LogP contribution in [0.3, 0.4) is 0 Å². The Hall–Kier alpha value is -2.57. The SMILES string of the molecule is COc1ccc(C(=O)Nc2cc(F)ccc2F)nn1. The fraction of sp³-hybridized carbons (Fsp3) is 0.0833. The Kier molecular flexibility index (Phi) is 3.65. The first kappa shape index (κ1) is 12.9. The Morgan fingerprint density at radius 2 is 2.00 bits per heavy atom. The zero-order valence-electron chi connectivity index (χ0n) is 9.85. The average molecular weight is 265 g/mol. The van der Waals surface area contributed by atoms with Gasteiger partial charge in [-0.3, -0.25) is 4.79 Å². The number of methoxy groups -OCH3 is 1. The Morgan fingerprint density at radius 3 is 2.63 bits per heavy atom. The highest BCUT2D eigenvalue weighted by Gasteiger charge is 2.12. The topological polar surface area (TPSA) is 64.1 Å². The molecule has 0 unspecified atom stereocenters. The second kappa shape index (κ2) is 5.38. The van der Waals surface area contributed by atoms with E-state index in [1.807, 2.05) is 0 Å². The summed E-state index contributed by atoms with van der Waals surface area (Å²) >= 11 is 0. The first-order chi connectivity index (χ1) is 9.10. The number of aromatic nitrogens is 2. The molecule has 19 heavy (non-hydrogen) atoms. The van der Waals surface area contributed by atoms with Crippen molar-refractivity contribution in [3.8, 4) is 5.88 Å². The van der Waals surface area contributed by atoms with Crippen molar-refractivity contribution in [1.29, 1.82) is 0 Å². The highest BCUT2D eigenvalue weighted by Crippen LogP contribution is 2.16. The quantitative estimate of drug-likeness (QED) is 0.922. The molecule has 0 spiro atoms. The Bertz CT molecular complexity index is 602. The van der Waals surface area contributed by atoms with Gasteiger partial charge in [0.25, 0.3) is 5.91 Å². The molecule has 0 radical (unpaired) electrons. The largest absolute Gasteiger partial charge is 0.480 e. The van der Waals surface area contributed by atoms with Gasteiger partial charge in [0.2, 0.25) is 5.88 Å². The molecule has 1 heterocycles. The van der Waals surface area contributed by atoms with E-state index in [4.69, 9.17) is 4.74 Å². The van der Waals surface area contributed by atoms with Crippen molar-refractivity contribution < 1.29 is 18.3 Å². The molecule has 1 amide bonds. The van der Waals surface area contributed by atoms with E-state index >= 15 is 0 Å². The van der Waals surface area contributed by atoms with Crippen LogP contribution in [-0.4, -0.2) is 23.2 Å². The lowest BCUT2D eigenvalue weighted by Crippen LogP contribution is -2.15. The summed E-state index contributed by atoms with van der Waals surface area (Å²) in [6, 6.07) is 5.55. The minimum absolute atomic E-state index is 0.0375. The van der Waals surface area contributed by atoms with Gasteiger partial charge in [0.05, 0.1) is 12.8 Å². The van der Waals surface area contributed by atoms with Gasteiger partial charge in [-0.25, -0.2) is 8.78 Å². The van der Waals surface area contributed by atoms with E-state index in [1.165, 1.54) is 19.2 Å². The molecule has 0 fully saturated rings. The van der Waals surface area contributed by atoms with Gasteiger partial charge >= 0.3 is 0 Å². The number of nitrogens with zero attached hydrogens (tertiary/aromatic N) is 2. The van der Waals surface area contributed by atoms with E-state index in [0.717, 1.165) is 18.2 Å². The van der Waals surface area contributed by atoms with Gasteiger partial charge in [0.15, 0.2) is 5.69 Å². The highest BCUT2D eigenvalue weighted by atomic mass is 19.1. The number of carbonyl (C=O) groups is 1. The van der Waals surface area contributed by atoms with E-state index in [9.17, 15) is 13.6 Å². The van der Waals surface area contributed by atoms with Gasteiger partial charge in [0.1, 0.15) is 11.6 Å². The fourth-order valence-electron chi connectivity index (χ4n) is 1.33. The molecule has 0 aliphatic heterocycles. The van der Waals surface area contributed by atoms with Crippen molar-refractivity contribution in [3.63, 3.8) is 0 Å². The molecule has 0 saturated heterocycles. The number of halogens is 2. The summed E-state index contributed by atoms with van der Waals surface area (Å²) in [7, 11) is 1.41. The monoisotopic (exact) mass is 265 g/mol. The van der Waals surface area contributed by atoms with Crippen molar-refractivity contribution in [2.75, 3.05) is 12.4 Å². The number of anilines is 1. The van der Waals surface area contributed by atoms with Crippen LogP contribution in [0.5, 0.6) is 5.88 Å². The minimum Gasteiger partial charge on any atom is -0.480 e. The summed E-state index contributed by atoms with van der Waals surface area (Å²) in [6.07, 6.45) is 0. The number of carbonyl (C=O) groups excluding carboxylic acids is 1. The van der Waals surface area contributed by atoms with Crippen molar-refractivity contribution in [3.05, 3.63) is 47.7 Å². The molecule has 0 bridgehead atoms. The van der Waals surface area contributed by atoms with Gasteiger partial charge in [-0.05, 0) is 18.2 Å². The zero-order chi connectivity index (χ0) is 13.8. The molecule has 1 aromatic heterocycles. The Morgan fingerprint density at radius 1 is 1.21 bits per heavy atom. The second-order valence-electron chi connectivity index (χ2n) is 3.54. The molecule has 0 atom stereocenters. The number of benzene rings is 1. The molecule has 2 aromatic rings. The van der Waals surface area contributed by atoms with Gasteiger partial charge in [-0.1, -0.05) is 0 Å². The lowest BCUT2D eigenvalue weighted by molar-refractivity contribution is 0.102. The van der Waals surface area contributed by atoms with Crippen LogP contribution in [0.1, 0.15) is 10.5 Å². The van der Waals surface area contributed by atoms with Crippen LogP contribution in [0.2, 0.25) is 0 Å². The van der Waals surface area contributed by atoms with E-state index < -0.39 is 17.5 Å². The van der Waals surface area contributed by atoms with Crippen molar-refractivity contribution >= 4 is 11.6 Å². The average Bonchev–Trinajstić information content (AvgIpc) is 2.43. The number of rotatable bonds is 3. The molecule has 7 heteroatoms. The van der Waals surface area contributed by atoms with Gasteiger partial charge < -0.3 is 10.1 Å². The summed E-state index contributed by atoms with van der Waals surface area (Å²) in [4.78, 5) is 11.7. The van der Waals surface area contributed by atoms with Crippen LogP contribution < -0.4 is 10.1 Å². The highest BCUT2D eigenvalue weighted by molar-refractivity contribution is 6.02. The maximum absolute atomic E-state index is 13.3. The summed E-state index contributed by atoms with van der Waals surface area (Å²) in [5, 5.41) is 9.40. The Balaban J connectivity index is 2.18. The van der Waals surface area contributed by atoms with Crippen molar-refractivity contribution in [2.45, 2.75) is 0 Å². The summed E-state index contributed by atoms with van der Waals surface area (Å²) in [6.45, 7) is 0. The summed E-state index contributed by atoms with van der Waals surface area (Å²) < 4.78 is 31.1. The normalized spacial score (nSPS) is 10.1. The van der Waals surface area contributed by atoms with Crippen LogP contribution in [-0.2, 0) is 0 Å². The van der Waals surface area contributed by atoms with E-state index in [-0.39, 0.29) is 17.3 Å². The fourth-order valence-corrected chi connectivity index (χ4v) is 1.33.